The van der Waals surface area contributed by atoms with Gasteiger partial charge in [0.05, 0.1) is 4.47 Å². The molecule has 26 heavy (non-hydrogen) atoms. The van der Waals surface area contributed by atoms with Gasteiger partial charge in [0.25, 0.3) is 11.8 Å². The number of hydrogen-bond acceptors (Lipinski definition) is 4. The van der Waals surface area contributed by atoms with Crippen LogP contribution in [0, 0.1) is 17.1 Å². The van der Waals surface area contributed by atoms with Crippen LogP contribution in [0.25, 0.3) is 6.08 Å². The number of amides is 2. The van der Waals surface area contributed by atoms with Crippen LogP contribution in [0.5, 0.6) is 5.75 Å². The SMILES string of the molecule is N#C/C(=C\c1ccc(OCC(N)=O)c(Br)c1)C(=O)Nc1ccc(F)cc1. The molecule has 3 N–H and O–H groups in total. The van der Waals surface area contributed by atoms with Crippen molar-refractivity contribution in [3.8, 4) is 11.8 Å². The molecule has 0 saturated heterocycles. The van der Waals surface area contributed by atoms with Crippen LogP contribution in [0.2, 0.25) is 0 Å². The maximum absolute atomic E-state index is 12.9. The standard InChI is InChI=1S/C18H13BrFN3O3/c19-15-8-11(1-6-16(15)26-10-17(22)24)7-12(9-21)18(25)23-14-4-2-13(20)3-5-14/h1-8H,10H2,(H2,22,24)(H,23,25)/b12-7+. The molecular formula is C18H13BrFN3O3. The van der Waals surface area contributed by atoms with E-state index >= 15 is 0 Å². The lowest BCUT2D eigenvalue weighted by Gasteiger charge is -2.07. The lowest BCUT2D eigenvalue weighted by Crippen LogP contribution is -2.20. The number of halogens is 2. The third kappa shape index (κ3) is 5.43. The summed E-state index contributed by atoms with van der Waals surface area (Å²) in [5, 5.41) is 11.7. The molecule has 0 aliphatic carbocycles. The molecule has 0 atom stereocenters. The fourth-order valence-electron chi connectivity index (χ4n) is 1.92. The maximum atomic E-state index is 12.9. The fourth-order valence-corrected chi connectivity index (χ4v) is 2.43. The number of primary amides is 1. The van der Waals surface area contributed by atoms with Gasteiger partial charge in [-0.3, -0.25) is 9.59 Å². The van der Waals surface area contributed by atoms with Gasteiger partial charge in [-0.15, -0.1) is 0 Å². The average molecular weight is 418 g/mol. The Hall–Kier alpha value is -3.18. The topological polar surface area (TPSA) is 105 Å². The molecule has 2 amide bonds. The van der Waals surface area contributed by atoms with Gasteiger partial charge in [0.15, 0.2) is 6.61 Å². The minimum atomic E-state index is -0.621. The number of carbonyl (C=O) groups excluding carboxylic acids is 2. The second kappa shape index (κ2) is 8.78. The molecular weight excluding hydrogens is 405 g/mol. The third-order valence-corrected chi connectivity index (χ3v) is 3.72. The predicted molar refractivity (Wildman–Crippen MR) is 97.5 cm³/mol. The fraction of sp³-hybridized carbons (Fsp3) is 0.0556. The summed E-state index contributed by atoms with van der Waals surface area (Å²) in [6.45, 7) is -0.267. The van der Waals surface area contributed by atoms with Gasteiger partial charge in [0, 0.05) is 5.69 Å². The Bertz CT molecular complexity index is 905. The van der Waals surface area contributed by atoms with Gasteiger partial charge in [0.2, 0.25) is 0 Å². The van der Waals surface area contributed by atoms with Gasteiger partial charge < -0.3 is 15.8 Å². The molecule has 0 spiro atoms. The molecule has 2 aromatic carbocycles. The predicted octanol–water partition coefficient (Wildman–Crippen LogP) is 3.00. The van der Waals surface area contributed by atoms with E-state index in [9.17, 15) is 19.2 Å². The highest BCUT2D eigenvalue weighted by molar-refractivity contribution is 9.10. The molecule has 6 nitrogen and oxygen atoms in total. The van der Waals surface area contributed by atoms with Crippen LogP contribution < -0.4 is 15.8 Å². The van der Waals surface area contributed by atoms with E-state index in [1.54, 1.807) is 18.2 Å². The van der Waals surface area contributed by atoms with E-state index in [1.165, 1.54) is 30.3 Å². The molecule has 0 fully saturated rings. The molecule has 0 unspecified atom stereocenters. The van der Waals surface area contributed by atoms with Crippen LogP contribution >= 0.6 is 15.9 Å². The summed E-state index contributed by atoms with van der Waals surface area (Å²) in [4.78, 5) is 22.9. The monoisotopic (exact) mass is 417 g/mol. The van der Waals surface area contributed by atoms with Crippen molar-refractivity contribution in [1.29, 1.82) is 5.26 Å². The van der Waals surface area contributed by atoms with Crippen molar-refractivity contribution in [2.45, 2.75) is 0 Å². The van der Waals surface area contributed by atoms with Gasteiger partial charge in [0.1, 0.15) is 23.2 Å². The lowest BCUT2D eigenvalue weighted by atomic mass is 10.1. The molecule has 0 radical (unpaired) electrons. The zero-order valence-electron chi connectivity index (χ0n) is 13.3. The summed E-state index contributed by atoms with van der Waals surface area (Å²) >= 11 is 3.28. The van der Waals surface area contributed by atoms with Crippen molar-refractivity contribution >= 4 is 39.5 Å². The zero-order chi connectivity index (χ0) is 19.1. The van der Waals surface area contributed by atoms with Crippen LogP contribution in [0.15, 0.2) is 52.5 Å². The molecule has 0 bridgehead atoms. The van der Waals surface area contributed by atoms with E-state index in [2.05, 4.69) is 21.2 Å². The molecule has 8 heteroatoms. The van der Waals surface area contributed by atoms with E-state index in [4.69, 9.17) is 10.5 Å². The number of nitrogens with zero attached hydrogens (tertiary/aromatic N) is 1. The van der Waals surface area contributed by atoms with Gasteiger partial charge in [-0.25, -0.2) is 4.39 Å². The number of nitriles is 1. The number of hydrogen-bond donors (Lipinski definition) is 2. The molecule has 0 aliphatic heterocycles. The number of ether oxygens (including phenoxy) is 1. The van der Waals surface area contributed by atoms with E-state index in [0.29, 0.717) is 21.5 Å². The Morgan fingerprint density at radius 2 is 1.96 bits per heavy atom. The highest BCUT2D eigenvalue weighted by Gasteiger charge is 2.11. The number of carbonyl (C=O) groups is 2. The molecule has 0 aliphatic rings. The minimum Gasteiger partial charge on any atom is -0.483 e. The van der Waals surface area contributed by atoms with E-state index in [1.807, 2.05) is 6.07 Å². The van der Waals surface area contributed by atoms with Crippen molar-refractivity contribution in [2.24, 2.45) is 5.73 Å². The third-order valence-electron chi connectivity index (χ3n) is 3.10. The normalized spacial score (nSPS) is 10.7. The van der Waals surface area contributed by atoms with Crippen LogP contribution in [0.3, 0.4) is 0 Å². The second-order valence-electron chi connectivity index (χ2n) is 5.08. The Balaban J connectivity index is 2.15. The Morgan fingerprint density at radius 1 is 1.27 bits per heavy atom. The first-order chi connectivity index (χ1) is 12.4. The number of rotatable bonds is 6. The first-order valence-corrected chi connectivity index (χ1v) is 8.07. The molecule has 0 aromatic heterocycles. The highest BCUT2D eigenvalue weighted by Crippen LogP contribution is 2.27. The van der Waals surface area contributed by atoms with E-state index < -0.39 is 17.6 Å². The Kier molecular flexibility index (Phi) is 6.47. The van der Waals surface area contributed by atoms with Crippen LogP contribution in [-0.2, 0) is 9.59 Å². The van der Waals surface area contributed by atoms with Crippen molar-refractivity contribution in [1.82, 2.24) is 0 Å². The van der Waals surface area contributed by atoms with Crippen molar-refractivity contribution < 1.29 is 18.7 Å². The highest BCUT2D eigenvalue weighted by atomic mass is 79.9. The summed E-state index contributed by atoms with van der Waals surface area (Å²) in [5.41, 5.74) is 5.82. The van der Waals surface area contributed by atoms with Crippen LogP contribution in [0.4, 0.5) is 10.1 Å². The number of anilines is 1. The van der Waals surface area contributed by atoms with Crippen molar-refractivity contribution in [2.75, 3.05) is 11.9 Å². The van der Waals surface area contributed by atoms with E-state index in [0.717, 1.165) is 0 Å². The molecule has 2 aromatic rings. The largest absolute Gasteiger partial charge is 0.483 e. The lowest BCUT2D eigenvalue weighted by molar-refractivity contribution is -0.120. The smallest absolute Gasteiger partial charge is 0.266 e. The summed E-state index contributed by atoms with van der Waals surface area (Å²) in [7, 11) is 0. The minimum absolute atomic E-state index is 0.132. The summed E-state index contributed by atoms with van der Waals surface area (Å²) in [6.07, 6.45) is 1.39. The number of nitrogens with one attached hydrogen (secondary N) is 1. The van der Waals surface area contributed by atoms with E-state index in [-0.39, 0.29) is 12.2 Å². The number of nitrogens with two attached hydrogens (primary N) is 1. The zero-order valence-corrected chi connectivity index (χ0v) is 14.9. The summed E-state index contributed by atoms with van der Waals surface area (Å²) in [6, 6.07) is 11.8. The first kappa shape index (κ1) is 19.1. The molecule has 0 saturated carbocycles. The summed E-state index contributed by atoms with van der Waals surface area (Å²) < 4.78 is 18.6. The van der Waals surface area contributed by atoms with Gasteiger partial charge in [-0.1, -0.05) is 6.07 Å². The second-order valence-corrected chi connectivity index (χ2v) is 5.93. The van der Waals surface area contributed by atoms with Gasteiger partial charge >= 0.3 is 0 Å². The Morgan fingerprint density at radius 3 is 2.54 bits per heavy atom. The van der Waals surface area contributed by atoms with Crippen LogP contribution in [0.1, 0.15) is 5.56 Å². The molecule has 0 heterocycles. The average Bonchev–Trinajstić information content (AvgIpc) is 2.60. The van der Waals surface area contributed by atoms with Crippen molar-refractivity contribution in [3.63, 3.8) is 0 Å². The Labute approximate surface area is 157 Å². The van der Waals surface area contributed by atoms with Crippen LogP contribution in [-0.4, -0.2) is 18.4 Å². The summed E-state index contributed by atoms with van der Waals surface area (Å²) in [5.74, 6) is -1.26. The maximum Gasteiger partial charge on any atom is 0.266 e. The quantitative estimate of drug-likeness (QED) is 0.556. The molecule has 132 valence electrons. The first-order valence-electron chi connectivity index (χ1n) is 7.28. The molecule has 2 rings (SSSR count). The van der Waals surface area contributed by atoms with Crippen molar-refractivity contribution in [3.05, 3.63) is 63.9 Å². The van der Waals surface area contributed by atoms with Gasteiger partial charge in [-0.2, -0.15) is 5.26 Å². The van der Waals surface area contributed by atoms with Gasteiger partial charge in [-0.05, 0) is 64.0 Å². The number of benzene rings is 2.